The van der Waals surface area contributed by atoms with Crippen LogP contribution >= 0.6 is 0 Å². The number of ether oxygens (including phenoxy) is 1. The highest BCUT2D eigenvalue weighted by Crippen LogP contribution is 1.96. The quantitative estimate of drug-likeness (QED) is 0.544. The molecule has 0 unspecified atom stereocenters. The summed E-state index contributed by atoms with van der Waals surface area (Å²) in [6.45, 7) is 0.787. The number of hydrogen-bond acceptors (Lipinski definition) is 5. The zero-order chi connectivity index (χ0) is 14.9. The van der Waals surface area contributed by atoms with Gasteiger partial charge in [-0.25, -0.2) is 0 Å². The fraction of sp³-hybridized carbons (Fsp3) is 0.286. The van der Waals surface area contributed by atoms with Crippen LogP contribution in [0.5, 0.6) is 0 Å². The number of nitrogens with zero attached hydrogens (tertiary/aromatic N) is 4. The Labute approximate surface area is 121 Å². The first-order valence-corrected chi connectivity index (χ1v) is 6.46. The summed E-state index contributed by atoms with van der Waals surface area (Å²) in [5.41, 5.74) is 1.56. The highest BCUT2D eigenvalue weighted by molar-refractivity contribution is 4.97. The van der Waals surface area contributed by atoms with Crippen LogP contribution in [0.3, 0.4) is 0 Å². The van der Waals surface area contributed by atoms with Gasteiger partial charge in [0.25, 0.3) is 13.5 Å². The Hall–Kier alpha value is -2.54. The van der Waals surface area contributed by atoms with Crippen LogP contribution in [0.4, 0.5) is 0 Å². The molecule has 2 heterocycles. The highest BCUT2D eigenvalue weighted by atomic mass is 16.5. The van der Waals surface area contributed by atoms with Crippen LogP contribution in [0.15, 0.2) is 59.1 Å². The second kappa shape index (κ2) is 7.91. The molecule has 2 aromatic rings. The molecule has 0 aliphatic carbocycles. The van der Waals surface area contributed by atoms with Crippen molar-refractivity contribution in [1.29, 1.82) is 0 Å². The summed E-state index contributed by atoms with van der Waals surface area (Å²) >= 11 is 0. The lowest BCUT2D eigenvalue weighted by atomic mass is 10.3. The first kappa shape index (κ1) is 14.9. The van der Waals surface area contributed by atoms with E-state index in [1.165, 1.54) is 0 Å². The van der Waals surface area contributed by atoms with Gasteiger partial charge in [-0.05, 0) is 0 Å². The van der Waals surface area contributed by atoms with Crippen LogP contribution in [-0.2, 0) is 31.3 Å². The van der Waals surface area contributed by atoms with Crippen molar-refractivity contribution in [3.05, 3.63) is 70.0 Å². The van der Waals surface area contributed by atoms with Gasteiger partial charge in [0.05, 0.1) is 0 Å². The zero-order valence-corrected chi connectivity index (χ0v) is 11.5. The summed E-state index contributed by atoms with van der Waals surface area (Å²) in [7, 11) is 0. The van der Waals surface area contributed by atoms with Crippen LogP contribution in [0.1, 0.15) is 11.4 Å². The van der Waals surface area contributed by atoms with E-state index < -0.39 is 0 Å². The molecule has 0 radical (unpaired) electrons. The Morgan fingerprint density at radius 2 is 1.29 bits per heavy atom. The first-order chi connectivity index (χ1) is 10.3. The Bertz CT molecular complexity index is 565. The lowest BCUT2D eigenvalue weighted by Crippen LogP contribution is -2.44. The normalized spacial score (nSPS) is 10.3. The third kappa shape index (κ3) is 4.22. The highest BCUT2D eigenvalue weighted by Gasteiger charge is 2.13. The van der Waals surface area contributed by atoms with E-state index in [4.69, 9.17) is 4.74 Å². The van der Waals surface area contributed by atoms with E-state index in [0.29, 0.717) is 13.5 Å². The molecule has 7 nitrogen and oxygen atoms in total. The van der Waals surface area contributed by atoms with Gasteiger partial charge in [0.15, 0.2) is 25.5 Å². The van der Waals surface area contributed by atoms with Crippen molar-refractivity contribution >= 4 is 0 Å². The summed E-state index contributed by atoms with van der Waals surface area (Å²) in [5, 5.41) is 5.79. The van der Waals surface area contributed by atoms with Crippen molar-refractivity contribution in [3.63, 3.8) is 0 Å². The number of pyridine rings is 2. The maximum Gasteiger partial charge on any atom is 0.258 e. The van der Waals surface area contributed by atoms with Crippen molar-refractivity contribution in [2.45, 2.75) is 26.6 Å². The minimum absolute atomic E-state index is 0.100. The van der Waals surface area contributed by atoms with E-state index in [9.17, 15) is 9.81 Å². The molecule has 0 spiro atoms. The standard InChI is InChI=1S/C14H16N4O3/c19-15-9-13-5-1-3-7-17(13)11-21-12-18-8-4-2-6-14(18)10-16-20/h1-8H,9-12H2/q+2. The SMILES string of the molecule is O=NCc1cccc[n+]1COC[n+]1ccccc1CN=O. The molecule has 0 saturated carbocycles. The van der Waals surface area contributed by atoms with Gasteiger partial charge in [-0.2, -0.15) is 18.9 Å². The number of aromatic nitrogens is 2. The molecule has 0 amide bonds. The van der Waals surface area contributed by atoms with Crippen molar-refractivity contribution < 1.29 is 13.9 Å². The lowest BCUT2D eigenvalue weighted by Gasteiger charge is -2.02. The van der Waals surface area contributed by atoms with Gasteiger partial charge in [0.1, 0.15) is 0 Å². The third-order valence-corrected chi connectivity index (χ3v) is 2.98. The monoisotopic (exact) mass is 288 g/mol. The summed E-state index contributed by atoms with van der Waals surface area (Å²) in [5.74, 6) is 0. The molecule has 0 atom stereocenters. The molecular weight excluding hydrogens is 272 g/mol. The zero-order valence-electron chi connectivity index (χ0n) is 11.5. The van der Waals surface area contributed by atoms with Crippen LogP contribution in [0.2, 0.25) is 0 Å². The molecule has 0 fully saturated rings. The molecule has 0 N–H and O–H groups in total. The molecular formula is C14H16N4O3+2. The Balaban J connectivity index is 1.98. The molecule has 2 aromatic heterocycles. The molecule has 0 aromatic carbocycles. The molecule has 0 saturated heterocycles. The maximum absolute atomic E-state index is 10.4. The fourth-order valence-electron chi connectivity index (χ4n) is 1.93. The number of hydrogen-bond donors (Lipinski definition) is 0. The van der Waals surface area contributed by atoms with Crippen LogP contribution < -0.4 is 9.13 Å². The molecule has 0 aliphatic heterocycles. The number of rotatable bonds is 8. The van der Waals surface area contributed by atoms with Crippen molar-refractivity contribution in [2.75, 3.05) is 0 Å². The number of nitroso groups, excluding NO2 is 2. The van der Waals surface area contributed by atoms with Gasteiger partial charge in [0, 0.05) is 24.3 Å². The van der Waals surface area contributed by atoms with Crippen molar-refractivity contribution in [2.24, 2.45) is 10.4 Å². The summed E-state index contributed by atoms with van der Waals surface area (Å²) in [6, 6.07) is 11.0. The van der Waals surface area contributed by atoms with E-state index in [-0.39, 0.29) is 13.1 Å². The van der Waals surface area contributed by atoms with Gasteiger partial charge < -0.3 is 0 Å². The average Bonchev–Trinajstić information content (AvgIpc) is 2.51. The van der Waals surface area contributed by atoms with Crippen LogP contribution in [0.25, 0.3) is 0 Å². The van der Waals surface area contributed by atoms with Crippen LogP contribution in [-0.4, -0.2) is 0 Å². The first-order valence-electron chi connectivity index (χ1n) is 6.46. The molecule has 0 aliphatic rings. The van der Waals surface area contributed by atoms with Crippen LogP contribution in [0, 0.1) is 9.81 Å². The van der Waals surface area contributed by atoms with Gasteiger partial charge in [-0.1, -0.05) is 22.5 Å². The molecule has 7 heteroatoms. The minimum atomic E-state index is 0.100. The molecule has 21 heavy (non-hydrogen) atoms. The van der Waals surface area contributed by atoms with Crippen molar-refractivity contribution in [1.82, 2.24) is 0 Å². The van der Waals surface area contributed by atoms with Gasteiger partial charge in [-0.3, -0.25) is 4.74 Å². The average molecular weight is 288 g/mol. The van der Waals surface area contributed by atoms with E-state index in [1.807, 2.05) is 57.9 Å². The minimum Gasteiger partial charge on any atom is -0.262 e. The molecule has 2 rings (SSSR count). The Kier molecular flexibility index (Phi) is 5.60. The fourth-order valence-corrected chi connectivity index (χ4v) is 1.93. The van der Waals surface area contributed by atoms with E-state index in [1.54, 1.807) is 0 Å². The predicted molar refractivity (Wildman–Crippen MR) is 73.4 cm³/mol. The topological polar surface area (TPSA) is 75.9 Å². The Morgan fingerprint density at radius 1 is 0.810 bits per heavy atom. The van der Waals surface area contributed by atoms with Gasteiger partial charge in [0.2, 0.25) is 11.4 Å². The predicted octanol–water partition coefficient (Wildman–Crippen LogP) is 1.43. The second-order valence-corrected chi connectivity index (χ2v) is 4.36. The lowest BCUT2D eigenvalue weighted by molar-refractivity contribution is -0.794. The molecule has 108 valence electrons. The molecule has 0 bridgehead atoms. The largest absolute Gasteiger partial charge is 0.262 e. The Morgan fingerprint density at radius 3 is 1.71 bits per heavy atom. The third-order valence-electron chi connectivity index (χ3n) is 2.98. The smallest absolute Gasteiger partial charge is 0.258 e. The summed E-state index contributed by atoms with van der Waals surface area (Å²) < 4.78 is 9.23. The summed E-state index contributed by atoms with van der Waals surface area (Å²) in [4.78, 5) is 20.8. The van der Waals surface area contributed by atoms with Gasteiger partial charge in [-0.15, -0.1) is 0 Å². The van der Waals surface area contributed by atoms with E-state index in [2.05, 4.69) is 10.4 Å². The van der Waals surface area contributed by atoms with Crippen molar-refractivity contribution in [3.8, 4) is 0 Å². The maximum atomic E-state index is 10.4. The van der Waals surface area contributed by atoms with E-state index >= 15 is 0 Å². The summed E-state index contributed by atoms with van der Waals surface area (Å²) in [6.07, 6.45) is 3.65. The second-order valence-electron chi connectivity index (χ2n) is 4.36. The van der Waals surface area contributed by atoms with E-state index in [0.717, 1.165) is 11.4 Å². The van der Waals surface area contributed by atoms with Gasteiger partial charge >= 0.3 is 0 Å².